The lowest BCUT2D eigenvalue weighted by Gasteiger charge is -2.33. The van der Waals surface area contributed by atoms with E-state index in [9.17, 15) is 0 Å². The van der Waals surface area contributed by atoms with Gasteiger partial charge in [-0.15, -0.1) is 0 Å². The summed E-state index contributed by atoms with van der Waals surface area (Å²) in [4.78, 5) is 2.56. The number of ether oxygens (including phenoxy) is 1. The fraction of sp³-hybridized carbons (Fsp3) is 1.00. The highest BCUT2D eigenvalue weighted by atomic mass is 79.9. The van der Waals surface area contributed by atoms with Crippen LogP contribution in [0.5, 0.6) is 0 Å². The van der Waals surface area contributed by atoms with E-state index in [2.05, 4.69) is 34.7 Å². The van der Waals surface area contributed by atoms with Gasteiger partial charge in [-0.05, 0) is 31.7 Å². The number of morpholine rings is 1. The molecule has 2 unspecified atom stereocenters. The van der Waals surface area contributed by atoms with Crippen molar-refractivity contribution < 1.29 is 4.74 Å². The molecule has 90 valence electrons. The van der Waals surface area contributed by atoms with Crippen LogP contribution in [-0.2, 0) is 4.74 Å². The molecule has 2 atom stereocenters. The maximum absolute atomic E-state index is 5.66. The Morgan fingerprint density at radius 3 is 2.93 bits per heavy atom. The van der Waals surface area contributed by atoms with Crippen LogP contribution in [0.3, 0.4) is 0 Å². The van der Waals surface area contributed by atoms with Crippen molar-refractivity contribution in [3.63, 3.8) is 0 Å². The molecule has 0 aliphatic carbocycles. The topological polar surface area (TPSA) is 12.5 Å². The zero-order valence-electron chi connectivity index (χ0n) is 10.0. The van der Waals surface area contributed by atoms with Gasteiger partial charge < -0.3 is 4.74 Å². The van der Waals surface area contributed by atoms with Crippen LogP contribution in [0.25, 0.3) is 0 Å². The van der Waals surface area contributed by atoms with Gasteiger partial charge in [-0.3, -0.25) is 4.90 Å². The first-order valence-electron chi connectivity index (χ1n) is 6.16. The van der Waals surface area contributed by atoms with Gasteiger partial charge in [0, 0.05) is 18.4 Å². The van der Waals surface area contributed by atoms with Gasteiger partial charge in [0.1, 0.15) is 0 Å². The lowest BCUT2D eigenvalue weighted by molar-refractivity contribution is -0.0308. The van der Waals surface area contributed by atoms with Crippen LogP contribution in [0.4, 0.5) is 0 Å². The summed E-state index contributed by atoms with van der Waals surface area (Å²) in [5.41, 5.74) is 0. The molecule has 15 heavy (non-hydrogen) atoms. The predicted molar refractivity (Wildman–Crippen MR) is 68.7 cm³/mol. The molecule has 1 aliphatic rings. The van der Waals surface area contributed by atoms with E-state index in [0.717, 1.165) is 37.4 Å². The van der Waals surface area contributed by atoms with Crippen molar-refractivity contribution in [2.75, 3.05) is 31.6 Å². The van der Waals surface area contributed by atoms with E-state index in [0.29, 0.717) is 6.10 Å². The fourth-order valence-corrected chi connectivity index (χ4v) is 2.75. The summed E-state index contributed by atoms with van der Waals surface area (Å²) in [6.45, 7) is 8.98. The third kappa shape index (κ3) is 5.32. The molecule has 0 spiro atoms. The minimum Gasteiger partial charge on any atom is -0.376 e. The molecule has 1 heterocycles. The van der Waals surface area contributed by atoms with Gasteiger partial charge in [0.2, 0.25) is 0 Å². The molecular formula is C12H24BrNO. The Labute approximate surface area is 102 Å². The second-order valence-electron chi connectivity index (χ2n) is 4.57. The molecule has 0 saturated carbocycles. The molecule has 1 fully saturated rings. The van der Waals surface area contributed by atoms with E-state index in [1.807, 2.05) is 0 Å². The summed E-state index contributed by atoms with van der Waals surface area (Å²) in [7, 11) is 0. The second-order valence-corrected chi connectivity index (χ2v) is 5.37. The number of halogens is 1. The minimum absolute atomic E-state index is 0.477. The third-order valence-electron chi connectivity index (χ3n) is 3.22. The van der Waals surface area contributed by atoms with Gasteiger partial charge in [-0.2, -0.15) is 0 Å². The average molecular weight is 278 g/mol. The van der Waals surface area contributed by atoms with Gasteiger partial charge in [0.25, 0.3) is 0 Å². The summed E-state index contributed by atoms with van der Waals surface area (Å²) in [6, 6.07) is 0. The minimum atomic E-state index is 0.477. The summed E-state index contributed by atoms with van der Waals surface area (Å²) < 4.78 is 5.66. The summed E-state index contributed by atoms with van der Waals surface area (Å²) in [6.07, 6.45) is 4.24. The Balaban J connectivity index is 2.14. The molecule has 1 rings (SSSR count). The normalized spacial score (nSPS) is 25.4. The largest absolute Gasteiger partial charge is 0.376 e. The Morgan fingerprint density at radius 1 is 1.47 bits per heavy atom. The van der Waals surface area contributed by atoms with Gasteiger partial charge in [-0.1, -0.05) is 29.8 Å². The molecular weight excluding hydrogens is 254 g/mol. The van der Waals surface area contributed by atoms with Crippen molar-refractivity contribution >= 4 is 15.9 Å². The predicted octanol–water partition coefficient (Wildman–Crippen LogP) is 2.91. The van der Waals surface area contributed by atoms with E-state index in [-0.39, 0.29) is 0 Å². The van der Waals surface area contributed by atoms with E-state index >= 15 is 0 Å². The molecule has 0 aromatic heterocycles. The smallest absolute Gasteiger partial charge is 0.0700 e. The van der Waals surface area contributed by atoms with Crippen LogP contribution in [0.15, 0.2) is 0 Å². The number of nitrogens with zero attached hydrogens (tertiary/aromatic N) is 1. The van der Waals surface area contributed by atoms with Crippen LogP contribution >= 0.6 is 15.9 Å². The van der Waals surface area contributed by atoms with Crippen LogP contribution in [0, 0.1) is 5.92 Å². The van der Waals surface area contributed by atoms with Crippen molar-refractivity contribution in [2.45, 2.75) is 39.2 Å². The first-order chi connectivity index (χ1) is 7.26. The first kappa shape index (κ1) is 13.5. The average Bonchev–Trinajstić information content (AvgIpc) is 2.27. The summed E-state index contributed by atoms with van der Waals surface area (Å²) in [5, 5.41) is 1.13. The highest BCUT2D eigenvalue weighted by Gasteiger charge is 2.18. The number of hydrogen-bond acceptors (Lipinski definition) is 2. The standard InChI is InChI=1S/C12H24BrNO/c1-3-12-10-14(8-9-15-12)7-5-11(2)4-6-13/h11-12H,3-10H2,1-2H3. The van der Waals surface area contributed by atoms with Gasteiger partial charge >= 0.3 is 0 Å². The van der Waals surface area contributed by atoms with Gasteiger partial charge in [0.05, 0.1) is 12.7 Å². The molecule has 3 heteroatoms. The molecule has 0 aromatic carbocycles. The summed E-state index contributed by atoms with van der Waals surface area (Å²) in [5.74, 6) is 0.840. The lowest BCUT2D eigenvalue weighted by Crippen LogP contribution is -2.42. The lowest BCUT2D eigenvalue weighted by atomic mass is 10.0. The first-order valence-corrected chi connectivity index (χ1v) is 7.28. The highest BCUT2D eigenvalue weighted by molar-refractivity contribution is 9.09. The Morgan fingerprint density at radius 2 is 2.27 bits per heavy atom. The number of hydrogen-bond donors (Lipinski definition) is 0. The number of rotatable bonds is 6. The van der Waals surface area contributed by atoms with E-state index in [1.165, 1.54) is 19.4 Å². The quantitative estimate of drug-likeness (QED) is 0.693. The maximum atomic E-state index is 5.66. The molecule has 0 aromatic rings. The van der Waals surface area contributed by atoms with Crippen LogP contribution in [-0.4, -0.2) is 42.6 Å². The summed E-state index contributed by atoms with van der Waals surface area (Å²) >= 11 is 3.50. The Kier molecular flexibility index (Phi) is 6.86. The Hall–Kier alpha value is 0.400. The third-order valence-corrected chi connectivity index (χ3v) is 3.68. The molecule has 1 aliphatic heterocycles. The highest BCUT2D eigenvalue weighted by Crippen LogP contribution is 2.13. The van der Waals surface area contributed by atoms with Crippen molar-refractivity contribution in [3.05, 3.63) is 0 Å². The monoisotopic (exact) mass is 277 g/mol. The molecule has 2 nitrogen and oxygen atoms in total. The molecule has 0 amide bonds. The molecule has 0 radical (unpaired) electrons. The molecule has 0 bridgehead atoms. The van der Waals surface area contributed by atoms with Crippen molar-refractivity contribution in [1.82, 2.24) is 4.90 Å². The number of alkyl halides is 1. The zero-order valence-corrected chi connectivity index (χ0v) is 11.6. The molecule has 0 N–H and O–H groups in total. The van der Waals surface area contributed by atoms with Crippen LogP contribution in [0.2, 0.25) is 0 Å². The van der Waals surface area contributed by atoms with Crippen molar-refractivity contribution in [1.29, 1.82) is 0 Å². The van der Waals surface area contributed by atoms with Crippen LogP contribution < -0.4 is 0 Å². The zero-order chi connectivity index (χ0) is 11.1. The van der Waals surface area contributed by atoms with Gasteiger partial charge in [-0.25, -0.2) is 0 Å². The van der Waals surface area contributed by atoms with Crippen molar-refractivity contribution in [3.8, 4) is 0 Å². The van der Waals surface area contributed by atoms with Crippen molar-refractivity contribution in [2.24, 2.45) is 5.92 Å². The fourth-order valence-electron chi connectivity index (χ4n) is 1.96. The van der Waals surface area contributed by atoms with E-state index in [4.69, 9.17) is 4.74 Å². The SMILES string of the molecule is CCC1CN(CCC(C)CCBr)CCO1. The van der Waals surface area contributed by atoms with Crippen LogP contribution in [0.1, 0.15) is 33.1 Å². The van der Waals surface area contributed by atoms with E-state index in [1.54, 1.807) is 0 Å². The van der Waals surface area contributed by atoms with Gasteiger partial charge in [0.15, 0.2) is 0 Å². The maximum Gasteiger partial charge on any atom is 0.0700 e. The second kappa shape index (κ2) is 7.64. The Bertz CT molecular complexity index is 166. The van der Waals surface area contributed by atoms with E-state index < -0.39 is 0 Å². The molecule has 1 saturated heterocycles.